The van der Waals surface area contributed by atoms with Crippen LogP contribution in [0.25, 0.3) is 0 Å². The molecule has 2 saturated heterocycles. The second-order valence-electron chi connectivity index (χ2n) is 6.36. The lowest BCUT2D eigenvalue weighted by atomic mass is 9.93. The Kier molecular flexibility index (Phi) is 4.45. The van der Waals surface area contributed by atoms with Crippen molar-refractivity contribution in [2.75, 3.05) is 26.2 Å². The van der Waals surface area contributed by atoms with E-state index < -0.39 is 0 Å². The van der Waals surface area contributed by atoms with Crippen LogP contribution in [-0.4, -0.2) is 42.8 Å². The molecule has 0 spiro atoms. The Hall–Kier alpha value is -0.120. The molecule has 2 N–H and O–H groups in total. The third-order valence-corrected chi connectivity index (χ3v) is 4.30. The first-order valence-electron chi connectivity index (χ1n) is 7.19. The summed E-state index contributed by atoms with van der Waals surface area (Å²) in [7, 11) is 0. The first-order chi connectivity index (χ1) is 8.09. The van der Waals surface area contributed by atoms with Crippen LogP contribution in [0.15, 0.2) is 0 Å². The molecule has 0 aromatic carbocycles. The second kappa shape index (κ2) is 5.68. The normalized spacial score (nSPS) is 30.9. The summed E-state index contributed by atoms with van der Waals surface area (Å²) < 4.78 is 6.06. The molecular formula is C14H28N2O. The molecule has 17 heavy (non-hydrogen) atoms. The number of hydrogen-bond acceptors (Lipinski definition) is 3. The molecule has 0 bridgehead atoms. The molecule has 2 fully saturated rings. The second-order valence-corrected chi connectivity index (χ2v) is 6.36. The summed E-state index contributed by atoms with van der Waals surface area (Å²) in [6, 6.07) is 0. The van der Waals surface area contributed by atoms with Gasteiger partial charge in [0, 0.05) is 6.54 Å². The molecular weight excluding hydrogens is 212 g/mol. The van der Waals surface area contributed by atoms with Gasteiger partial charge in [-0.25, -0.2) is 0 Å². The molecule has 2 aliphatic rings. The van der Waals surface area contributed by atoms with Crippen molar-refractivity contribution in [3.8, 4) is 0 Å². The van der Waals surface area contributed by atoms with Crippen molar-refractivity contribution in [3.05, 3.63) is 0 Å². The van der Waals surface area contributed by atoms with E-state index in [-0.39, 0.29) is 5.60 Å². The van der Waals surface area contributed by atoms with E-state index in [0.717, 1.165) is 19.0 Å². The van der Waals surface area contributed by atoms with Gasteiger partial charge in [0.15, 0.2) is 0 Å². The number of piperidine rings is 1. The van der Waals surface area contributed by atoms with E-state index >= 15 is 0 Å². The van der Waals surface area contributed by atoms with Crippen LogP contribution in [0.5, 0.6) is 0 Å². The van der Waals surface area contributed by atoms with Gasteiger partial charge in [-0.05, 0) is 71.5 Å². The highest BCUT2D eigenvalue weighted by atomic mass is 16.5. The zero-order chi connectivity index (χ0) is 12.3. The minimum Gasteiger partial charge on any atom is -0.371 e. The van der Waals surface area contributed by atoms with Crippen molar-refractivity contribution < 1.29 is 4.74 Å². The van der Waals surface area contributed by atoms with Gasteiger partial charge in [-0.3, -0.25) is 0 Å². The molecule has 1 unspecified atom stereocenters. The van der Waals surface area contributed by atoms with Crippen molar-refractivity contribution >= 4 is 0 Å². The lowest BCUT2D eigenvalue weighted by Gasteiger charge is -2.33. The molecule has 0 radical (unpaired) electrons. The molecule has 1 atom stereocenters. The van der Waals surface area contributed by atoms with E-state index in [1.807, 2.05) is 0 Å². The zero-order valence-electron chi connectivity index (χ0n) is 11.5. The van der Waals surface area contributed by atoms with E-state index in [0.29, 0.717) is 6.10 Å². The van der Waals surface area contributed by atoms with Gasteiger partial charge >= 0.3 is 0 Å². The van der Waals surface area contributed by atoms with E-state index in [1.54, 1.807) is 0 Å². The quantitative estimate of drug-likeness (QED) is 0.817. The summed E-state index contributed by atoms with van der Waals surface area (Å²) >= 11 is 0. The van der Waals surface area contributed by atoms with Crippen molar-refractivity contribution in [1.29, 1.82) is 0 Å². The summed E-state index contributed by atoms with van der Waals surface area (Å²) in [5.41, 5.74) is 5.74. The van der Waals surface area contributed by atoms with E-state index in [9.17, 15) is 0 Å². The standard InChI is InChI=1S/C14H28N2O/c1-14(2)7-3-13(17-14)11-16-9-5-12(4-8-15)6-10-16/h12-13H,3-11,15H2,1-2H3. The van der Waals surface area contributed by atoms with Gasteiger partial charge in [0.25, 0.3) is 0 Å². The van der Waals surface area contributed by atoms with Crippen LogP contribution in [-0.2, 0) is 4.74 Å². The van der Waals surface area contributed by atoms with E-state index in [2.05, 4.69) is 18.7 Å². The lowest BCUT2D eigenvalue weighted by Crippen LogP contribution is -2.39. The van der Waals surface area contributed by atoms with Gasteiger partial charge in [-0.2, -0.15) is 0 Å². The number of hydrogen-bond donors (Lipinski definition) is 1. The summed E-state index contributed by atoms with van der Waals surface area (Å²) in [6.45, 7) is 8.89. The Labute approximate surface area is 106 Å². The Morgan fingerprint density at radius 3 is 2.47 bits per heavy atom. The Morgan fingerprint density at radius 1 is 1.24 bits per heavy atom. The number of likely N-dealkylation sites (tertiary alicyclic amines) is 1. The molecule has 100 valence electrons. The highest BCUT2D eigenvalue weighted by Crippen LogP contribution is 2.30. The monoisotopic (exact) mass is 240 g/mol. The van der Waals surface area contributed by atoms with E-state index in [1.165, 1.54) is 45.2 Å². The fourth-order valence-corrected chi connectivity index (χ4v) is 3.19. The number of nitrogens with two attached hydrogens (primary N) is 1. The highest BCUT2D eigenvalue weighted by Gasteiger charge is 2.33. The van der Waals surface area contributed by atoms with Crippen LogP contribution in [0.1, 0.15) is 46.0 Å². The fourth-order valence-electron chi connectivity index (χ4n) is 3.19. The predicted octanol–water partition coefficient (Wildman–Crippen LogP) is 2.00. The predicted molar refractivity (Wildman–Crippen MR) is 71.0 cm³/mol. The van der Waals surface area contributed by atoms with Gasteiger partial charge in [-0.15, -0.1) is 0 Å². The van der Waals surface area contributed by atoms with Gasteiger partial charge < -0.3 is 15.4 Å². The number of ether oxygens (including phenoxy) is 1. The zero-order valence-corrected chi connectivity index (χ0v) is 11.5. The van der Waals surface area contributed by atoms with Gasteiger partial charge in [-0.1, -0.05) is 0 Å². The van der Waals surface area contributed by atoms with Crippen LogP contribution in [0.4, 0.5) is 0 Å². The molecule has 0 aliphatic carbocycles. The SMILES string of the molecule is CC1(C)CCC(CN2CCC(CCN)CC2)O1. The number of nitrogens with zero attached hydrogens (tertiary/aromatic N) is 1. The van der Waals surface area contributed by atoms with Crippen LogP contribution in [0.2, 0.25) is 0 Å². The summed E-state index contributed by atoms with van der Waals surface area (Å²) in [6.07, 6.45) is 6.77. The molecule has 2 rings (SSSR count). The van der Waals surface area contributed by atoms with Crippen LogP contribution in [0.3, 0.4) is 0 Å². The molecule has 0 saturated carbocycles. The Balaban J connectivity index is 1.68. The lowest BCUT2D eigenvalue weighted by molar-refractivity contribution is -0.0320. The molecule has 2 heterocycles. The van der Waals surface area contributed by atoms with Crippen molar-refractivity contribution in [2.45, 2.75) is 57.7 Å². The molecule has 0 amide bonds. The molecule has 3 nitrogen and oxygen atoms in total. The third kappa shape index (κ3) is 3.94. The summed E-state index contributed by atoms with van der Waals surface area (Å²) in [5, 5.41) is 0. The third-order valence-electron chi connectivity index (χ3n) is 4.30. The largest absolute Gasteiger partial charge is 0.371 e. The maximum atomic E-state index is 6.06. The molecule has 0 aromatic heterocycles. The molecule has 0 aromatic rings. The fraction of sp³-hybridized carbons (Fsp3) is 1.00. The van der Waals surface area contributed by atoms with Crippen LogP contribution in [0, 0.1) is 5.92 Å². The molecule has 3 heteroatoms. The smallest absolute Gasteiger partial charge is 0.0710 e. The molecule has 2 aliphatic heterocycles. The number of rotatable bonds is 4. The van der Waals surface area contributed by atoms with E-state index in [4.69, 9.17) is 10.5 Å². The van der Waals surface area contributed by atoms with Crippen molar-refractivity contribution in [3.63, 3.8) is 0 Å². The maximum Gasteiger partial charge on any atom is 0.0710 e. The van der Waals surface area contributed by atoms with Gasteiger partial charge in [0.1, 0.15) is 0 Å². The van der Waals surface area contributed by atoms with Gasteiger partial charge in [0.2, 0.25) is 0 Å². The van der Waals surface area contributed by atoms with Crippen LogP contribution >= 0.6 is 0 Å². The Morgan fingerprint density at radius 2 is 1.94 bits per heavy atom. The average molecular weight is 240 g/mol. The van der Waals surface area contributed by atoms with Crippen molar-refractivity contribution in [1.82, 2.24) is 4.90 Å². The minimum absolute atomic E-state index is 0.114. The summed E-state index contributed by atoms with van der Waals surface area (Å²) in [5.74, 6) is 0.872. The average Bonchev–Trinajstić information content (AvgIpc) is 2.61. The maximum absolute atomic E-state index is 6.06. The first kappa shape index (κ1) is 13.3. The topological polar surface area (TPSA) is 38.5 Å². The Bertz CT molecular complexity index is 234. The van der Waals surface area contributed by atoms with Crippen LogP contribution < -0.4 is 5.73 Å². The van der Waals surface area contributed by atoms with Gasteiger partial charge in [0.05, 0.1) is 11.7 Å². The minimum atomic E-state index is 0.114. The highest BCUT2D eigenvalue weighted by molar-refractivity contribution is 4.84. The summed E-state index contributed by atoms with van der Waals surface area (Å²) in [4.78, 5) is 2.58. The van der Waals surface area contributed by atoms with Crippen molar-refractivity contribution in [2.24, 2.45) is 11.7 Å². The first-order valence-corrected chi connectivity index (χ1v) is 7.19.